The number of pyridine rings is 1. The van der Waals surface area contributed by atoms with Crippen LogP contribution >= 0.6 is 0 Å². The Morgan fingerprint density at radius 3 is 2.67 bits per heavy atom. The summed E-state index contributed by atoms with van der Waals surface area (Å²) in [5, 5.41) is 0. The van der Waals surface area contributed by atoms with Gasteiger partial charge in [-0.1, -0.05) is 18.2 Å². The van der Waals surface area contributed by atoms with Crippen LogP contribution < -0.4 is 5.73 Å². The standard InChI is InChI=1S/C12H11FN2/c1-8-6-10(12(14)15-7-8)9-4-2-3-5-11(9)13/h2-7H,1H3,(H2,14,15). The number of hydrogen-bond donors (Lipinski definition) is 1. The Kier molecular flexibility index (Phi) is 2.37. The zero-order chi connectivity index (χ0) is 10.8. The van der Waals surface area contributed by atoms with Crippen molar-refractivity contribution in [3.05, 3.63) is 47.9 Å². The lowest BCUT2D eigenvalue weighted by Crippen LogP contribution is -1.96. The van der Waals surface area contributed by atoms with Crippen LogP contribution in [-0.4, -0.2) is 4.98 Å². The van der Waals surface area contributed by atoms with E-state index in [0.29, 0.717) is 16.9 Å². The first-order valence-corrected chi connectivity index (χ1v) is 4.65. The SMILES string of the molecule is Cc1cnc(N)c(-c2ccccc2F)c1. The third-order valence-electron chi connectivity index (χ3n) is 2.22. The average Bonchev–Trinajstić information content (AvgIpc) is 2.23. The average molecular weight is 202 g/mol. The number of anilines is 1. The molecule has 2 N–H and O–H groups in total. The first kappa shape index (κ1) is 9.65. The molecule has 0 atom stereocenters. The van der Waals surface area contributed by atoms with Gasteiger partial charge in [0.05, 0.1) is 0 Å². The molecule has 0 amide bonds. The van der Waals surface area contributed by atoms with Gasteiger partial charge in [0, 0.05) is 17.3 Å². The molecule has 1 aromatic carbocycles. The van der Waals surface area contributed by atoms with E-state index >= 15 is 0 Å². The molecular weight excluding hydrogens is 191 g/mol. The van der Waals surface area contributed by atoms with Gasteiger partial charge in [-0.2, -0.15) is 0 Å². The Balaban J connectivity index is 2.64. The molecule has 2 nitrogen and oxygen atoms in total. The van der Waals surface area contributed by atoms with Crippen molar-refractivity contribution in [2.24, 2.45) is 0 Å². The van der Waals surface area contributed by atoms with Crippen LogP contribution in [-0.2, 0) is 0 Å². The van der Waals surface area contributed by atoms with Crippen molar-refractivity contribution >= 4 is 5.82 Å². The largest absolute Gasteiger partial charge is 0.383 e. The van der Waals surface area contributed by atoms with E-state index in [1.165, 1.54) is 6.07 Å². The maximum absolute atomic E-state index is 13.5. The van der Waals surface area contributed by atoms with Crippen molar-refractivity contribution in [1.29, 1.82) is 0 Å². The van der Waals surface area contributed by atoms with Crippen LogP contribution in [0, 0.1) is 12.7 Å². The number of hydrogen-bond acceptors (Lipinski definition) is 2. The number of nitrogens with two attached hydrogens (primary N) is 1. The third-order valence-corrected chi connectivity index (χ3v) is 2.22. The second-order valence-corrected chi connectivity index (χ2v) is 3.43. The molecule has 0 saturated carbocycles. The quantitative estimate of drug-likeness (QED) is 0.772. The molecule has 0 radical (unpaired) electrons. The molecule has 15 heavy (non-hydrogen) atoms. The summed E-state index contributed by atoms with van der Waals surface area (Å²) >= 11 is 0. The molecule has 0 aliphatic carbocycles. The van der Waals surface area contributed by atoms with E-state index in [1.807, 2.05) is 13.0 Å². The highest BCUT2D eigenvalue weighted by molar-refractivity contribution is 5.74. The van der Waals surface area contributed by atoms with Gasteiger partial charge in [-0.3, -0.25) is 0 Å². The molecular formula is C12H11FN2. The van der Waals surface area contributed by atoms with Crippen LogP contribution in [0.5, 0.6) is 0 Å². The molecule has 0 aliphatic heterocycles. The lowest BCUT2D eigenvalue weighted by atomic mass is 10.0. The van der Waals surface area contributed by atoms with Gasteiger partial charge in [-0.05, 0) is 24.6 Å². The molecule has 0 bridgehead atoms. The minimum atomic E-state index is -0.281. The monoisotopic (exact) mass is 202 g/mol. The normalized spacial score (nSPS) is 10.3. The number of benzene rings is 1. The van der Waals surface area contributed by atoms with E-state index in [0.717, 1.165) is 5.56 Å². The molecule has 3 heteroatoms. The van der Waals surface area contributed by atoms with Gasteiger partial charge in [-0.25, -0.2) is 9.37 Å². The smallest absolute Gasteiger partial charge is 0.131 e. The van der Waals surface area contributed by atoms with Gasteiger partial charge in [-0.15, -0.1) is 0 Å². The van der Waals surface area contributed by atoms with E-state index in [-0.39, 0.29) is 5.82 Å². The Morgan fingerprint density at radius 1 is 1.20 bits per heavy atom. The number of aryl methyl sites for hydroxylation is 1. The van der Waals surface area contributed by atoms with Gasteiger partial charge in [0.25, 0.3) is 0 Å². The Morgan fingerprint density at radius 2 is 1.93 bits per heavy atom. The lowest BCUT2D eigenvalue weighted by molar-refractivity contribution is 0.631. The van der Waals surface area contributed by atoms with Crippen molar-refractivity contribution < 1.29 is 4.39 Å². The molecule has 2 aromatic rings. The molecule has 1 aromatic heterocycles. The Hall–Kier alpha value is -1.90. The first-order valence-electron chi connectivity index (χ1n) is 4.65. The van der Waals surface area contributed by atoms with Crippen LogP contribution in [0.1, 0.15) is 5.56 Å². The number of aromatic nitrogens is 1. The van der Waals surface area contributed by atoms with Crippen molar-refractivity contribution in [3.63, 3.8) is 0 Å². The van der Waals surface area contributed by atoms with Crippen LogP contribution in [0.4, 0.5) is 10.2 Å². The van der Waals surface area contributed by atoms with Gasteiger partial charge < -0.3 is 5.73 Å². The second-order valence-electron chi connectivity index (χ2n) is 3.43. The highest BCUT2D eigenvalue weighted by Crippen LogP contribution is 2.27. The summed E-state index contributed by atoms with van der Waals surface area (Å²) in [6, 6.07) is 8.37. The summed E-state index contributed by atoms with van der Waals surface area (Å²) in [7, 11) is 0. The van der Waals surface area contributed by atoms with Gasteiger partial charge >= 0.3 is 0 Å². The van der Waals surface area contributed by atoms with Crippen LogP contribution in [0.25, 0.3) is 11.1 Å². The van der Waals surface area contributed by atoms with E-state index < -0.39 is 0 Å². The fourth-order valence-electron chi connectivity index (χ4n) is 1.48. The number of nitrogens with zero attached hydrogens (tertiary/aromatic N) is 1. The predicted molar refractivity (Wildman–Crippen MR) is 58.8 cm³/mol. The predicted octanol–water partition coefficient (Wildman–Crippen LogP) is 2.78. The zero-order valence-corrected chi connectivity index (χ0v) is 8.37. The maximum atomic E-state index is 13.5. The van der Waals surface area contributed by atoms with E-state index in [4.69, 9.17) is 5.73 Å². The summed E-state index contributed by atoms with van der Waals surface area (Å²) in [5.74, 6) is 0.0716. The van der Waals surface area contributed by atoms with E-state index in [9.17, 15) is 4.39 Å². The summed E-state index contributed by atoms with van der Waals surface area (Å²) in [4.78, 5) is 4.01. The zero-order valence-electron chi connectivity index (χ0n) is 8.37. The molecule has 1 heterocycles. The summed E-state index contributed by atoms with van der Waals surface area (Å²) in [6.45, 7) is 1.90. The van der Waals surface area contributed by atoms with Gasteiger partial charge in [0.2, 0.25) is 0 Å². The van der Waals surface area contributed by atoms with Crippen LogP contribution in [0.3, 0.4) is 0 Å². The topological polar surface area (TPSA) is 38.9 Å². The summed E-state index contributed by atoms with van der Waals surface area (Å²) in [5.41, 5.74) is 7.81. The fourth-order valence-corrected chi connectivity index (χ4v) is 1.48. The lowest BCUT2D eigenvalue weighted by Gasteiger charge is -2.06. The van der Waals surface area contributed by atoms with Crippen LogP contribution in [0.15, 0.2) is 36.5 Å². The molecule has 0 aliphatic rings. The van der Waals surface area contributed by atoms with Crippen molar-refractivity contribution in [3.8, 4) is 11.1 Å². The first-order chi connectivity index (χ1) is 7.18. The Bertz CT molecular complexity index is 495. The number of nitrogen functional groups attached to an aromatic ring is 1. The fraction of sp³-hybridized carbons (Fsp3) is 0.0833. The number of halogens is 1. The van der Waals surface area contributed by atoms with Crippen molar-refractivity contribution in [1.82, 2.24) is 4.98 Å². The molecule has 2 rings (SSSR count). The molecule has 0 fully saturated rings. The maximum Gasteiger partial charge on any atom is 0.131 e. The Labute approximate surface area is 87.6 Å². The highest BCUT2D eigenvalue weighted by atomic mass is 19.1. The highest BCUT2D eigenvalue weighted by Gasteiger charge is 2.08. The third kappa shape index (κ3) is 1.81. The molecule has 0 unspecified atom stereocenters. The van der Waals surface area contributed by atoms with E-state index in [2.05, 4.69) is 4.98 Å². The van der Waals surface area contributed by atoms with Gasteiger partial charge in [0.1, 0.15) is 11.6 Å². The molecule has 76 valence electrons. The van der Waals surface area contributed by atoms with Crippen molar-refractivity contribution in [2.45, 2.75) is 6.92 Å². The minimum Gasteiger partial charge on any atom is -0.383 e. The molecule has 0 spiro atoms. The van der Waals surface area contributed by atoms with Gasteiger partial charge in [0.15, 0.2) is 0 Å². The van der Waals surface area contributed by atoms with Crippen molar-refractivity contribution in [2.75, 3.05) is 5.73 Å². The summed E-state index contributed by atoms with van der Waals surface area (Å²) in [6.07, 6.45) is 1.67. The summed E-state index contributed by atoms with van der Waals surface area (Å²) < 4.78 is 13.5. The number of rotatable bonds is 1. The van der Waals surface area contributed by atoms with Crippen LogP contribution in [0.2, 0.25) is 0 Å². The minimum absolute atomic E-state index is 0.281. The van der Waals surface area contributed by atoms with E-state index in [1.54, 1.807) is 24.4 Å². The molecule has 0 saturated heterocycles. The second kappa shape index (κ2) is 3.69.